The number of allylic oxidation sites excluding steroid dienone is 2. The quantitative estimate of drug-likeness (QED) is 0.378. The molecule has 0 unspecified atom stereocenters. The Balaban J connectivity index is 1.61. The van der Waals surface area contributed by atoms with Gasteiger partial charge in [-0.2, -0.15) is 0 Å². The summed E-state index contributed by atoms with van der Waals surface area (Å²) < 4.78 is 0. The second-order valence-corrected chi connectivity index (χ2v) is 15.2. The third kappa shape index (κ3) is 3.56. The van der Waals surface area contributed by atoms with Gasteiger partial charge >= 0.3 is 0 Å². The molecule has 3 saturated carbocycles. The van der Waals surface area contributed by atoms with Gasteiger partial charge in [-0.3, -0.25) is 4.79 Å². The van der Waals surface area contributed by atoms with Gasteiger partial charge in [0.2, 0.25) is 0 Å². The molecule has 33 heavy (non-hydrogen) atoms. The molecule has 0 bridgehead atoms. The van der Waals surface area contributed by atoms with Gasteiger partial charge in [0.25, 0.3) is 0 Å². The van der Waals surface area contributed by atoms with Crippen molar-refractivity contribution < 1.29 is 4.79 Å². The molecule has 188 valence electrons. The lowest BCUT2D eigenvalue weighted by Crippen LogP contribution is -2.56. The van der Waals surface area contributed by atoms with Gasteiger partial charge in [0.1, 0.15) is 5.78 Å². The molecule has 0 aromatic rings. The van der Waals surface area contributed by atoms with Crippen molar-refractivity contribution in [2.75, 3.05) is 0 Å². The fourth-order valence-corrected chi connectivity index (χ4v) is 9.57. The summed E-state index contributed by atoms with van der Waals surface area (Å²) in [5.41, 5.74) is 3.13. The maximum Gasteiger partial charge on any atom is 0.138 e. The van der Waals surface area contributed by atoms with Crippen LogP contribution in [-0.4, -0.2) is 5.78 Å². The summed E-state index contributed by atoms with van der Waals surface area (Å²) in [4.78, 5) is 12.8. The molecule has 7 atom stereocenters. The summed E-state index contributed by atoms with van der Waals surface area (Å²) in [6.07, 6.45) is 13.9. The van der Waals surface area contributed by atoms with Gasteiger partial charge in [-0.05, 0) is 103 Å². The van der Waals surface area contributed by atoms with Gasteiger partial charge in [-0.1, -0.05) is 80.9 Å². The first-order chi connectivity index (χ1) is 15.1. The zero-order valence-electron chi connectivity index (χ0n) is 23.7. The van der Waals surface area contributed by atoms with E-state index in [0.29, 0.717) is 27.9 Å². The molecule has 0 radical (unpaired) electrons. The first-order valence-corrected chi connectivity index (χ1v) is 14.3. The minimum Gasteiger partial charge on any atom is -0.299 e. The minimum atomic E-state index is -0.156. The first kappa shape index (κ1) is 25.5. The number of rotatable bonds is 5. The first-order valence-electron chi connectivity index (χ1n) is 14.3. The Morgan fingerprint density at radius 2 is 1.64 bits per heavy atom. The zero-order valence-corrected chi connectivity index (χ0v) is 23.7. The van der Waals surface area contributed by atoms with Crippen molar-refractivity contribution in [2.45, 2.75) is 127 Å². The predicted octanol–water partition coefficient (Wildman–Crippen LogP) is 9.26. The molecule has 4 rings (SSSR count). The van der Waals surface area contributed by atoms with Crippen LogP contribution in [0.25, 0.3) is 0 Å². The molecule has 0 heterocycles. The van der Waals surface area contributed by atoms with E-state index in [2.05, 4.69) is 75.3 Å². The number of hydrogen-bond acceptors (Lipinski definition) is 1. The number of Topliss-reactive ketones (excluding diaryl/α,β-unsaturated/α-hetero) is 1. The van der Waals surface area contributed by atoms with Crippen LogP contribution in [0.5, 0.6) is 0 Å². The second-order valence-electron chi connectivity index (χ2n) is 15.2. The summed E-state index contributed by atoms with van der Waals surface area (Å²) in [6, 6.07) is 0. The van der Waals surface area contributed by atoms with E-state index in [0.717, 1.165) is 36.5 Å². The number of carbonyl (C=O) groups is 1. The highest BCUT2D eigenvalue weighted by Gasteiger charge is 2.65. The van der Waals surface area contributed by atoms with Crippen LogP contribution in [0.3, 0.4) is 0 Å². The monoisotopic (exact) mass is 454 g/mol. The summed E-state index contributed by atoms with van der Waals surface area (Å²) in [6.45, 7) is 24.7. The highest BCUT2D eigenvalue weighted by Crippen LogP contribution is 2.73. The van der Waals surface area contributed by atoms with Crippen LogP contribution < -0.4 is 0 Å². The maximum absolute atomic E-state index is 12.8. The number of fused-ring (bicyclic) bond motifs is 5. The molecule has 0 saturated heterocycles. The van der Waals surface area contributed by atoms with Crippen LogP contribution in [0.1, 0.15) is 127 Å². The lowest BCUT2D eigenvalue weighted by atomic mass is 9.41. The lowest BCUT2D eigenvalue weighted by Gasteiger charge is -2.63. The molecular weight excluding hydrogens is 400 g/mol. The number of ketones is 1. The molecule has 0 amide bonds. The second kappa shape index (κ2) is 7.96. The van der Waals surface area contributed by atoms with Crippen molar-refractivity contribution in [3.63, 3.8) is 0 Å². The molecule has 0 aromatic heterocycles. The smallest absolute Gasteiger partial charge is 0.138 e. The Bertz CT molecular complexity index is 814. The normalized spacial score (nSPS) is 43.5. The molecule has 3 fully saturated rings. The van der Waals surface area contributed by atoms with E-state index in [1.165, 1.54) is 44.9 Å². The molecule has 4 aliphatic rings. The Labute approximate surface area is 206 Å². The standard InChI is InChI=1S/C32H54O/c1-21(2)28(4,5)17-13-22(3)23-14-19-32(10)25-11-12-26-29(6,7)27(33)16-18-30(26,8)24(25)15-20-31(23,32)9/h15,21-23,25-26H,11-14,16-20H2,1-10H3/t22-,23-,25-,26+,30-,31-,32+/m1/s1. The number of carbonyl (C=O) groups excluding carboxylic acids is 1. The summed E-state index contributed by atoms with van der Waals surface area (Å²) in [5, 5.41) is 0. The third-order valence-electron chi connectivity index (χ3n) is 13.1. The van der Waals surface area contributed by atoms with Crippen LogP contribution in [0.4, 0.5) is 0 Å². The van der Waals surface area contributed by atoms with E-state index >= 15 is 0 Å². The van der Waals surface area contributed by atoms with Crippen LogP contribution in [0, 0.1) is 56.7 Å². The molecular formula is C32H54O. The van der Waals surface area contributed by atoms with E-state index in [-0.39, 0.29) is 10.8 Å². The molecule has 1 nitrogen and oxygen atoms in total. The van der Waals surface area contributed by atoms with Crippen LogP contribution >= 0.6 is 0 Å². The molecule has 4 aliphatic carbocycles. The van der Waals surface area contributed by atoms with E-state index < -0.39 is 0 Å². The maximum atomic E-state index is 12.8. The van der Waals surface area contributed by atoms with Crippen LogP contribution in [0.15, 0.2) is 11.6 Å². The predicted molar refractivity (Wildman–Crippen MR) is 141 cm³/mol. The average molecular weight is 455 g/mol. The molecule has 0 aromatic carbocycles. The van der Waals surface area contributed by atoms with E-state index in [1.807, 2.05) is 0 Å². The van der Waals surface area contributed by atoms with E-state index in [9.17, 15) is 4.79 Å². The van der Waals surface area contributed by atoms with Gasteiger partial charge in [-0.25, -0.2) is 0 Å². The Kier molecular flexibility index (Phi) is 6.15. The fourth-order valence-electron chi connectivity index (χ4n) is 9.57. The van der Waals surface area contributed by atoms with Crippen LogP contribution in [-0.2, 0) is 4.79 Å². The minimum absolute atomic E-state index is 0.156. The van der Waals surface area contributed by atoms with Crippen molar-refractivity contribution in [1.29, 1.82) is 0 Å². The summed E-state index contributed by atoms with van der Waals surface area (Å²) in [5.74, 6) is 4.16. The number of hydrogen-bond donors (Lipinski definition) is 0. The molecule has 0 spiro atoms. The van der Waals surface area contributed by atoms with Gasteiger partial charge in [-0.15, -0.1) is 0 Å². The van der Waals surface area contributed by atoms with Crippen molar-refractivity contribution in [1.82, 2.24) is 0 Å². The SMILES string of the molecule is CC(C)C(C)(C)CC[C@@H](C)[C@H]1CC[C@@]2(C)[C@@H]3CC[C@H]4C(C)(C)C(=O)CC[C@]4(C)C3=CC[C@]12C. The topological polar surface area (TPSA) is 17.1 Å². The largest absolute Gasteiger partial charge is 0.299 e. The summed E-state index contributed by atoms with van der Waals surface area (Å²) >= 11 is 0. The van der Waals surface area contributed by atoms with Crippen molar-refractivity contribution >= 4 is 5.78 Å². The molecule has 0 N–H and O–H groups in total. The van der Waals surface area contributed by atoms with E-state index in [4.69, 9.17) is 0 Å². The zero-order chi connectivity index (χ0) is 24.6. The van der Waals surface area contributed by atoms with Gasteiger partial charge < -0.3 is 0 Å². The van der Waals surface area contributed by atoms with Crippen LogP contribution in [0.2, 0.25) is 0 Å². The summed E-state index contributed by atoms with van der Waals surface area (Å²) in [7, 11) is 0. The van der Waals surface area contributed by atoms with Crippen molar-refractivity contribution in [2.24, 2.45) is 56.7 Å². The Morgan fingerprint density at radius 3 is 2.27 bits per heavy atom. The highest BCUT2D eigenvalue weighted by atomic mass is 16.1. The Hall–Kier alpha value is -0.590. The van der Waals surface area contributed by atoms with Crippen molar-refractivity contribution in [3.05, 3.63) is 11.6 Å². The molecule has 1 heteroatoms. The van der Waals surface area contributed by atoms with Crippen molar-refractivity contribution in [3.8, 4) is 0 Å². The third-order valence-corrected chi connectivity index (χ3v) is 13.1. The molecule has 0 aliphatic heterocycles. The van der Waals surface area contributed by atoms with Gasteiger partial charge in [0.05, 0.1) is 0 Å². The van der Waals surface area contributed by atoms with Gasteiger partial charge in [0, 0.05) is 11.8 Å². The Morgan fingerprint density at radius 1 is 0.970 bits per heavy atom. The lowest BCUT2D eigenvalue weighted by molar-refractivity contribution is -0.142. The highest BCUT2D eigenvalue weighted by molar-refractivity contribution is 5.85. The van der Waals surface area contributed by atoms with E-state index in [1.54, 1.807) is 5.57 Å². The average Bonchev–Trinajstić information content (AvgIpc) is 3.01. The van der Waals surface area contributed by atoms with Gasteiger partial charge in [0.15, 0.2) is 0 Å². The fraction of sp³-hybridized carbons (Fsp3) is 0.906.